The van der Waals surface area contributed by atoms with Crippen LogP contribution in [0.15, 0.2) is 59.0 Å². The number of likely N-dealkylation sites (N-methyl/N-ethyl adjacent to an activating group) is 1. The topological polar surface area (TPSA) is 36.7 Å². The highest BCUT2D eigenvalue weighted by Crippen LogP contribution is 2.40. The number of amides is 1. The quantitative estimate of drug-likeness (QED) is 0.668. The zero-order valence-corrected chi connectivity index (χ0v) is 15.8. The van der Waals surface area contributed by atoms with Crippen molar-refractivity contribution in [2.45, 2.75) is 30.8 Å². The molecule has 0 N–H and O–H groups in total. The van der Waals surface area contributed by atoms with Gasteiger partial charge in [-0.3, -0.25) is 4.79 Å². The maximum atomic E-state index is 13.4. The van der Waals surface area contributed by atoms with Crippen molar-refractivity contribution < 1.29 is 13.6 Å². The number of furan rings is 1. The molecule has 0 saturated carbocycles. The second kappa shape index (κ2) is 6.74. The van der Waals surface area contributed by atoms with Crippen LogP contribution in [-0.4, -0.2) is 47.9 Å². The van der Waals surface area contributed by atoms with Crippen LogP contribution in [0.5, 0.6) is 0 Å². The van der Waals surface area contributed by atoms with Gasteiger partial charge in [0.05, 0.1) is 0 Å². The van der Waals surface area contributed by atoms with Gasteiger partial charge in [-0.05, 0) is 56.3 Å². The van der Waals surface area contributed by atoms with Gasteiger partial charge in [0.1, 0.15) is 11.4 Å². The molecule has 1 amide bonds. The third-order valence-electron chi connectivity index (χ3n) is 6.32. The first-order valence-electron chi connectivity index (χ1n) is 9.87. The van der Waals surface area contributed by atoms with E-state index in [0.717, 1.165) is 35.9 Å². The number of carbonyl (C=O) groups excluding carboxylic acids is 1. The Bertz CT molecular complexity index is 980. The molecule has 4 nitrogen and oxygen atoms in total. The highest BCUT2D eigenvalue weighted by atomic mass is 19.1. The molecule has 5 heteroatoms. The molecule has 2 aliphatic heterocycles. The predicted octanol–water partition coefficient (Wildman–Crippen LogP) is 4.27. The van der Waals surface area contributed by atoms with Crippen LogP contribution < -0.4 is 0 Å². The number of rotatable bonds is 2. The van der Waals surface area contributed by atoms with E-state index in [4.69, 9.17) is 4.42 Å². The van der Waals surface area contributed by atoms with E-state index >= 15 is 0 Å². The fraction of sp³-hybridized carbons (Fsp3) is 0.348. The Kier molecular flexibility index (Phi) is 4.20. The van der Waals surface area contributed by atoms with Crippen LogP contribution in [0, 0.1) is 5.82 Å². The number of piperidine rings is 1. The molecule has 2 saturated heterocycles. The third kappa shape index (κ3) is 2.81. The lowest BCUT2D eigenvalue weighted by Crippen LogP contribution is -2.50. The summed E-state index contributed by atoms with van der Waals surface area (Å²) >= 11 is 0. The highest BCUT2D eigenvalue weighted by molar-refractivity contribution is 5.96. The summed E-state index contributed by atoms with van der Waals surface area (Å²) in [6.07, 6.45) is 2.05. The lowest BCUT2D eigenvalue weighted by Gasteiger charge is -2.39. The summed E-state index contributed by atoms with van der Waals surface area (Å²) in [7, 11) is 2.13. The van der Waals surface area contributed by atoms with Gasteiger partial charge in [-0.15, -0.1) is 0 Å². The molecule has 5 rings (SSSR count). The zero-order valence-electron chi connectivity index (χ0n) is 15.8. The van der Waals surface area contributed by atoms with Crippen molar-refractivity contribution in [2.24, 2.45) is 0 Å². The molecule has 3 aromatic rings. The number of hydrogen-bond donors (Lipinski definition) is 0. The number of hydrogen-bond acceptors (Lipinski definition) is 3. The van der Waals surface area contributed by atoms with Crippen LogP contribution in [0.4, 0.5) is 4.39 Å². The predicted molar refractivity (Wildman–Crippen MR) is 106 cm³/mol. The number of likely N-dealkylation sites (tertiary alicyclic amines) is 2. The largest absolute Gasteiger partial charge is 0.451 e. The van der Waals surface area contributed by atoms with E-state index in [9.17, 15) is 9.18 Å². The molecule has 1 aromatic heterocycles. The molecule has 3 atom stereocenters. The molecule has 2 aliphatic rings. The lowest BCUT2D eigenvalue weighted by atomic mass is 9.86. The molecule has 28 heavy (non-hydrogen) atoms. The number of para-hydroxylation sites is 1. The molecule has 0 bridgehead atoms. The summed E-state index contributed by atoms with van der Waals surface area (Å²) in [4.78, 5) is 17.7. The molecular weight excluding hydrogens is 355 g/mol. The highest BCUT2D eigenvalue weighted by Gasteiger charge is 2.48. The standard InChI is InChI=1S/C23H23FN2O2/c1-25-12-4-6-19-22(25)18(15-8-10-17(24)11-9-15)14-26(19)23(27)21-13-16-5-2-3-7-20(16)28-21/h2-3,5,7-11,13,18-19,22H,4,6,12,14H2,1H3/t18-,19-,22-/m1/s1. The molecule has 0 spiro atoms. The second-order valence-corrected chi connectivity index (χ2v) is 7.94. The number of carbonyl (C=O) groups is 1. The summed E-state index contributed by atoms with van der Waals surface area (Å²) < 4.78 is 19.3. The van der Waals surface area contributed by atoms with E-state index in [-0.39, 0.29) is 29.7 Å². The Morgan fingerprint density at radius 1 is 1.14 bits per heavy atom. The summed E-state index contributed by atoms with van der Waals surface area (Å²) in [5.74, 6) is 0.286. The van der Waals surface area contributed by atoms with Gasteiger partial charge >= 0.3 is 0 Å². The SMILES string of the molecule is CN1CCC[C@@H]2[C@H]1[C@@H](c1ccc(F)cc1)CN2C(=O)c1cc2ccccc2o1. The number of halogens is 1. The van der Waals surface area contributed by atoms with Gasteiger partial charge in [-0.1, -0.05) is 30.3 Å². The van der Waals surface area contributed by atoms with Crippen LogP contribution in [0.1, 0.15) is 34.9 Å². The van der Waals surface area contributed by atoms with Crippen molar-refractivity contribution in [3.8, 4) is 0 Å². The van der Waals surface area contributed by atoms with Gasteiger partial charge in [0.15, 0.2) is 5.76 Å². The first-order valence-corrected chi connectivity index (χ1v) is 9.87. The van der Waals surface area contributed by atoms with Gasteiger partial charge in [-0.25, -0.2) is 4.39 Å². The summed E-state index contributed by atoms with van der Waals surface area (Å²) in [5, 5.41) is 0.942. The van der Waals surface area contributed by atoms with E-state index in [1.54, 1.807) is 0 Å². The smallest absolute Gasteiger partial charge is 0.289 e. The van der Waals surface area contributed by atoms with E-state index in [1.807, 2.05) is 47.4 Å². The number of nitrogens with zero attached hydrogens (tertiary/aromatic N) is 2. The Morgan fingerprint density at radius 2 is 1.93 bits per heavy atom. The van der Waals surface area contributed by atoms with Crippen molar-refractivity contribution in [2.75, 3.05) is 20.1 Å². The minimum atomic E-state index is -0.231. The Labute approximate surface area is 163 Å². The summed E-state index contributed by atoms with van der Waals surface area (Å²) in [6.45, 7) is 1.65. The molecule has 0 aliphatic carbocycles. The Balaban J connectivity index is 1.50. The molecule has 3 heterocycles. The maximum absolute atomic E-state index is 13.4. The monoisotopic (exact) mass is 378 g/mol. The van der Waals surface area contributed by atoms with Gasteiger partial charge < -0.3 is 14.2 Å². The average Bonchev–Trinajstić information content (AvgIpc) is 3.31. The third-order valence-corrected chi connectivity index (χ3v) is 6.32. The molecule has 2 aromatic carbocycles. The first-order chi connectivity index (χ1) is 13.6. The Morgan fingerprint density at radius 3 is 2.71 bits per heavy atom. The van der Waals surface area contributed by atoms with Crippen LogP contribution in [0.25, 0.3) is 11.0 Å². The van der Waals surface area contributed by atoms with Gasteiger partial charge in [-0.2, -0.15) is 0 Å². The minimum absolute atomic E-state index is 0.0499. The summed E-state index contributed by atoms with van der Waals surface area (Å²) in [5.41, 5.74) is 1.82. The molecule has 144 valence electrons. The van der Waals surface area contributed by atoms with E-state index in [0.29, 0.717) is 12.3 Å². The van der Waals surface area contributed by atoms with Crippen molar-refractivity contribution >= 4 is 16.9 Å². The summed E-state index contributed by atoms with van der Waals surface area (Å²) in [6, 6.07) is 16.7. The van der Waals surface area contributed by atoms with Crippen molar-refractivity contribution in [1.29, 1.82) is 0 Å². The zero-order chi connectivity index (χ0) is 19.3. The number of benzene rings is 2. The molecule has 0 radical (unpaired) electrons. The second-order valence-electron chi connectivity index (χ2n) is 7.94. The maximum Gasteiger partial charge on any atom is 0.289 e. The van der Waals surface area contributed by atoms with Gasteiger partial charge in [0, 0.05) is 29.9 Å². The van der Waals surface area contributed by atoms with E-state index in [2.05, 4.69) is 11.9 Å². The van der Waals surface area contributed by atoms with Crippen molar-refractivity contribution in [3.05, 3.63) is 71.7 Å². The van der Waals surface area contributed by atoms with E-state index < -0.39 is 0 Å². The fourth-order valence-corrected chi connectivity index (χ4v) is 5.01. The normalized spacial score (nSPS) is 25.2. The van der Waals surface area contributed by atoms with E-state index in [1.165, 1.54) is 12.1 Å². The minimum Gasteiger partial charge on any atom is -0.451 e. The van der Waals surface area contributed by atoms with Gasteiger partial charge in [0.25, 0.3) is 5.91 Å². The number of fused-ring (bicyclic) bond motifs is 2. The molecule has 2 fully saturated rings. The average molecular weight is 378 g/mol. The van der Waals surface area contributed by atoms with Gasteiger partial charge in [0.2, 0.25) is 0 Å². The van der Waals surface area contributed by atoms with Crippen molar-refractivity contribution in [1.82, 2.24) is 9.80 Å². The first kappa shape index (κ1) is 17.4. The fourth-order valence-electron chi connectivity index (χ4n) is 5.01. The van der Waals surface area contributed by atoms with Crippen LogP contribution in [0.2, 0.25) is 0 Å². The Hall–Kier alpha value is -2.66. The molecule has 0 unspecified atom stereocenters. The van der Waals surface area contributed by atoms with Crippen LogP contribution in [-0.2, 0) is 0 Å². The lowest BCUT2D eigenvalue weighted by molar-refractivity contribution is 0.0601. The molecular formula is C23H23FN2O2. The van der Waals surface area contributed by atoms with Crippen LogP contribution in [0.3, 0.4) is 0 Å². The van der Waals surface area contributed by atoms with Crippen LogP contribution >= 0.6 is 0 Å². The van der Waals surface area contributed by atoms with Crippen molar-refractivity contribution in [3.63, 3.8) is 0 Å².